The molecule has 0 radical (unpaired) electrons. The van der Waals surface area contributed by atoms with Crippen molar-refractivity contribution in [3.8, 4) is 0 Å². The summed E-state index contributed by atoms with van der Waals surface area (Å²) in [7, 11) is -3.24. The third kappa shape index (κ3) is 4.61. The van der Waals surface area contributed by atoms with Crippen molar-refractivity contribution in [3.63, 3.8) is 0 Å². The number of carbonyl (C=O) groups is 1. The fraction of sp³-hybridized carbons (Fsp3) is 0.889. The first-order valence-electron chi connectivity index (χ1n) is 5.11. The Balaban J connectivity index is 2.43. The zero-order chi connectivity index (χ0) is 11.5. The van der Waals surface area contributed by atoms with E-state index in [4.69, 9.17) is 5.73 Å². The smallest absolute Gasteiger partial charge is 0.235 e. The molecule has 1 aliphatic carbocycles. The van der Waals surface area contributed by atoms with E-state index in [9.17, 15) is 13.2 Å². The van der Waals surface area contributed by atoms with Gasteiger partial charge in [-0.05, 0) is 12.8 Å². The van der Waals surface area contributed by atoms with Crippen molar-refractivity contribution in [2.75, 3.05) is 12.0 Å². The van der Waals surface area contributed by atoms with Gasteiger partial charge in [0.15, 0.2) is 9.84 Å². The quantitative estimate of drug-likeness (QED) is 0.683. The zero-order valence-corrected chi connectivity index (χ0v) is 9.72. The molecule has 1 rings (SSSR count). The number of carbonyl (C=O) groups excluding carboxylic acids is 1. The van der Waals surface area contributed by atoms with Crippen LogP contribution >= 0.6 is 0 Å². The van der Waals surface area contributed by atoms with Crippen molar-refractivity contribution < 1.29 is 13.2 Å². The summed E-state index contributed by atoms with van der Waals surface area (Å²) in [6.45, 7) is 0. The molecule has 1 saturated carbocycles. The van der Waals surface area contributed by atoms with Crippen LogP contribution < -0.4 is 11.1 Å². The maximum atomic E-state index is 11.3. The number of rotatable bonds is 3. The summed E-state index contributed by atoms with van der Waals surface area (Å²) in [4.78, 5) is 11.3. The second kappa shape index (κ2) is 4.94. The van der Waals surface area contributed by atoms with Crippen LogP contribution in [0.2, 0.25) is 0 Å². The van der Waals surface area contributed by atoms with Crippen LogP contribution in [0.3, 0.4) is 0 Å². The fourth-order valence-corrected chi connectivity index (χ4v) is 2.38. The van der Waals surface area contributed by atoms with E-state index in [2.05, 4.69) is 5.32 Å². The summed E-state index contributed by atoms with van der Waals surface area (Å²) < 4.78 is 21.7. The van der Waals surface area contributed by atoms with Gasteiger partial charge in [0.25, 0.3) is 0 Å². The highest BCUT2D eigenvalue weighted by molar-refractivity contribution is 7.91. The van der Waals surface area contributed by atoms with E-state index in [1.807, 2.05) is 0 Å². The molecule has 0 aliphatic heterocycles. The molecule has 15 heavy (non-hydrogen) atoms. The number of hydrogen-bond acceptors (Lipinski definition) is 4. The van der Waals surface area contributed by atoms with Gasteiger partial charge in [-0.1, -0.05) is 12.8 Å². The monoisotopic (exact) mass is 234 g/mol. The SMILES string of the molecule is CS(=O)(=O)CC(=O)N[C@@H]1CCCC[C@H]1N. The molecule has 1 aliphatic rings. The molecule has 0 saturated heterocycles. The molecule has 0 aromatic heterocycles. The van der Waals surface area contributed by atoms with E-state index < -0.39 is 21.5 Å². The van der Waals surface area contributed by atoms with Crippen LogP contribution in [0.5, 0.6) is 0 Å². The molecular weight excluding hydrogens is 216 g/mol. The first-order chi connectivity index (χ1) is 6.88. The van der Waals surface area contributed by atoms with E-state index in [1.165, 1.54) is 0 Å². The number of hydrogen-bond donors (Lipinski definition) is 2. The summed E-state index contributed by atoms with van der Waals surface area (Å²) in [5.41, 5.74) is 5.83. The molecule has 2 atom stereocenters. The standard InChI is InChI=1S/C9H18N2O3S/c1-15(13,14)6-9(12)11-8-5-3-2-4-7(8)10/h7-8H,2-6,10H2,1H3,(H,11,12)/t7-,8-/m1/s1. The van der Waals surface area contributed by atoms with E-state index in [0.29, 0.717) is 0 Å². The Morgan fingerprint density at radius 1 is 1.40 bits per heavy atom. The third-order valence-corrected chi connectivity index (χ3v) is 3.35. The summed E-state index contributed by atoms with van der Waals surface area (Å²) >= 11 is 0. The lowest BCUT2D eigenvalue weighted by Crippen LogP contribution is -2.50. The minimum Gasteiger partial charge on any atom is -0.351 e. The molecule has 0 aromatic carbocycles. The first kappa shape index (κ1) is 12.4. The van der Waals surface area contributed by atoms with Gasteiger partial charge in [0, 0.05) is 18.3 Å². The second-order valence-corrected chi connectivity index (χ2v) is 6.33. The molecule has 0 heterocycles. The first-order valence-corrected chi connectivity index (χ1v) is 7.17. The lowest BCUT2D eigenvalue weighted by molar-refractivity contribution is -0.119. The van der Waals surface area contributed by atoms with Gasteiger partial charge in [-0.3, -0.25) is 4.79 Å². The number of sulfone groups is 1. The van der Waals surface area contributed by atoms with Crippen molar-refractivity contribution in [1.29, 1.82) is 0 Å². The summed E-state index contributed by atoms with van der Waals surface area (Å²) in [6.07, 6.45) is 4.91. The molecule has 5 nitrogen and oxygen atoms in total. The Bertz CT molecular complexity index is 326. The second-order valence-electron chi connectivity index (χ2n) is 4.19. The van der Waals surface area contributed by atoms with Crippen molar-refractivity contribution in [1.82, 2.24) is 5.32 Å². The Hall–Kier alpha value is -0.620. The predicted octanol–water partition coefficient (Wildman–Crippen LogP) is -0.583. The number of nitrogens with two attached hydrogens (primary N) is 1. The zero-order valence-electron chi connectivity index (χ0n) is 8.90. The van der Waals surface area contributed by atoms with Gasteiger partial charge in [0.1, 0.15) is 5.75 Å². The maximum Gasteiger partial charge on any atom is 0.235 e. The summed E-state index contributed by atoms with van der Waals surface area (Å²) in [5, 5.41) is 2.68. The van der Waals surface area contributed by atoms with Gasteiger partial charge in [-0.25, -0.2) is 8.42 Å². The third-order valence-electron chi connectivity index (χ3n) is 2.56. The molecule has 1 amide bonds. The van der Waals surface area contributed by atoms with Gasteiger partial charge >= 0.3 is 0 Å². The van der Waals surface area contributed by atoms with Crippen LogP contribution in [-0.2, 0) is 14.6 Å². The minimum absolute atomic E-state index is 0.0396. The summed E-state index contributed by atoms with van der Waals surface area (Å²) in [6, 6.07) is -0.102. The molecule has 1 fully saturated rings. The molecule has 0 spiro atoms. The van der Waals surface area contributed by atoms with Gasteiger partial charge in [0.2, 0.25) is 5.91 Å². The molecule has 0 unspecified atom stereocenters. The average molecular weight is 234 g/mol. The lowest BCUT2D eigenvalue weighted by Gasteiger charge is -2.29. The Morgan fingerprint density at radius 2 is 2.00 bits per heavy atom. The highest BCUT2D eigenvalue weighted by Gasteiger charge is 2.24. The molecule has 0 aromatic rings. The molecule has 6 heteroatoms. The van der Waals surface area contributed by atoms with Crippen molar-refractivity contribution in [2.45, 2.75) is 37.8 Å². The van der Waals surface area contributed by atoms with E-state index in [1.54, 1.807) is 0 Å². The molecule has 3 N–H and O–H groups in total. The lowest BCUT2D eigenvalue weighted by atomic mass is 9.91. The van der Waals surface area contributed by atoms with E-state index in [0.717, 1.165) is 31.9 Å². The Kier molecular flexibility index (Phi) is 4.10. The Morgan fingerprint density at radius 3 is 2.53 bits per heavy atom. The van der Waals surface area contributed by atoms with Crippen LogP contribution in [0, 0.1) is 0 Å². The van der Waals surface area contributed by atoms with E-state index in [-0.39, 0.29) is 12.1 Å². The average Bonchev–Trinajstić information content (AvgIpc) is 2.05. The van der Waals surface area contributed by atoms with Gasteiger partial charge in [-0.2, -0.15) is 0 Å². The maximum absolute atomic E-state index is 11.3. The van der Waals surface area contributed by atoms with Crippen LogP contribution in [0.4, 0.5) is 0 Å². The summed E-state index contributed by atoms with van der Waals surface area (Å²) in [5.74, 6) is -0.893. The topological polar surface area (TPSA) is 89.3 Å². The van der Waals surface area contributed by atoms with Crippen molar-refractivity contribution in [3.05, 3.63) is 0 Å². The highest BCUT2D eigenvalue weighted by Crippen LogP contribution is 2.16. The molecular formula is C9H18N2O3S. The molecule has 0 bridgehead atoms. The van der Waals surface area contributed by atoms with Crippen molar-refractivity contribution in [2.24, 2.45) is 5.73 Å². The van der Waals surface area contributed by atoms with Crippen LogP contribution in [0.1, 0.15) is 25.7 Å². The van der Waals surface area contributed by atoms with Crippen LogP contribution in [-0.4, -0.2) is 38.4 Å². The van der Waals surface area contributed by atoms with Crippen LogP contribution in [0.25, 0.3) is 0 Å². The molecule has 88 valence electrons. The number of nitrogens with one attached hydrogen (secondary N) is 1. The fourth-order valence-electron chi connectivity index (χ4n) is 1.83. The van der Waals surface area contributed by atoms with Crippen LogP contribution in [0.15, 0.2) is 0 Å². The largest absolute Gasteiger partial charge is 0.351 e. The van der Waals surface area contributed by atoms with Gasteiger partial charge in [-0.15, -0.1) is 0 Å². The minimum atomic E-state index is -3.24. The highest BCUT2D eigenvalue weighted by atomic mass is 32.2. The van der Waals surface area contributed by atoms with Gasteiger partial charge < -0.3 is 11.1 Å². The predicted molar refractivity (Wildman–Crippen MR) is 58.1 cm³/mol. The normalized spacial score (nSPS) is 27.3. The van der Waals surface area contributed by atoms with Gasteiger partial charge in [0.05, 0.1) is 0 Å². The Labute approximate surface area is 90.3 Å². The number of amides is 1. The van der Waals surface area contributed by atoms with Crippen molar-refractivity contribution >= 4 is 15.7 Å². The van der Waals surface area contributed by atoms with E-state index >= 15 is 0 Å².